The van der Waals surface area contributed by atoms with Gasteiger partial charge in [-0.2, -0.15) is 5.26 Å². The zero-order chi connectivity index (χ0) is 10.9. The van der Waals surface area contributed by atoms with Gasteiger partial charge in [0.05, 0.1) is 12.5 Å². The molecule has 15 heavy (non-hydrogen) atoms. The first kappa shape index (κ1) is 11.1. The van der Waals surface area contributed by atoms with Crippen molar-refractivity contribution >= 4 is 5.69 Å². The van der Waals surface area contributed by atoms with Gasteiger partial charge in [-0.25, -0.2) is 0 Å². The van der Waals surface area contributed by atoms with E-state index < -0.39 is 0 Å². The highest BCUT2D eigenvalue weighted by Crippen LogP contribution is 2.09. The van der Waals surface area contributed by atoms with Gasteiger partial charge in [-0.05, 0) is 24.1 Å². The Morgan fingerprint density at radius 1 is 1.27 bits per heavy atom. The van der Waals surface area contributed by atoms with E-state index in [0.717, 1.165) is 30.6 Å². The third-order valence-electron chi connectivity index (χ3n) is 2.06. The van der Waals surface area contributed by atoms with Crippen LogP contribution < -0.4 is 5.32 Å². The third-order valence-corrected chi connectivity index (χ3v) is 2.06. The monoisotopic (exact) mass is 198 g/mol. The van der Waals surface area contributed by atoms with E-state index in [1.807, 2.05) is 24.3 Å². The van der Waals surface area contributed by atoms with Gasteiger partial charge in [0.1, 0.15) is 0 Å². The van der Waals surface area contributed by atoms with Crippen LogP contribution in [-0.2, 0) is 6.42 Å². The van der Waals surface area contributed by atoms with Crippen LogP contribution in [0.15, 0.2) is 24.3 Å². The summed E-state index contributed by atoms with van der Waals surface area (Å²) in [6.45, 7) is 0.891. The molecule has 0 amide bonds. The molecule has 0 bridgehead atoms. The Morgan fingerprint density at radius 3 is 2.60 bits per heavy atom. The molecular formula is C13H14N2. The van der Waals surface area contributed by atoms with Crippen LogP contribution in [0.1, 0.15) is 18.4 Å². The Balaban J connectivity index is 2.37. The summed E-state index contributed by atoms with van der Waals surface area (Å²) in [4.78, 5) is 0. The lowest BCUT2D eigenvalue weighted by atomic mass is 10.1. The standard InChI is InChI=1S/C13H14N2/c1-2-3-4-11-15-13-7-5-12(6-8-13)9-10-14/h1,5-8,15H,3-4,9,11H2. The van der Waals surface area contributed by atoms with Gasteiger partial charge in [0, 0.05) is 18.7 Å². The normalized spacial score (nSPS) is 8.93. The molecule has 2 heteroatoms. The van der Waals surface area contributed by atoms with Crippen molar-refractivity contribution in [3.63, 3.8) is 0 Å². The zero-order valence-electron chi connectivity index (χ0n) is 8.66. The van der Waals surface area contributed by atoms with Crippen LogP contribution in [0, 0.1) is 23.7 Å². The van der Waals surface area contributed by atoms with Crippen molar-refractivity contribution in [2.24, 2.45) is 0 Å². The summed E-state index contributed by atoms with van der Waals surface area (Å²) >= 11 is 0. The number of benzene rings is 1. The molecule has 1 N–H and O–H groups in total. The van der Waals surface area contributed by atoms with Crippen molar-refractivity contribution in [1.82, 2.24) is 0 Å². The highest BCUT2D eigenvalue weighted by molar-refractivity contribution is 5.44. The largest absolute Gasteiger partial charge is 0.385 e. The Labute approximate surface area is 90.9 Å². The Bertz CT molecular complexity index is 365. The van der Waals surface area contributed by atoms with Crippen molar-refractivity contribution in [3.8, 4) is 18.4 Å². The van der Waals surface area contributed by atoms with E-state index >= 15 is 0 Å². The molecule has 0 aliphatic carbocycles. The molecule has 0 fully saturated rings. The average Bonchev–Trinajstić information content (AvgIpc) is 2.27. The minimum atomic E-state index is 0.470. The molecule has 0 heterocycles. The predicted molar refractivity (Wildman–Crippen MR) is 62.3 cm³/mol. The van der Waals surface area contributed by atoms with Gasteiger partial charge in [0.2, 0.25) is 0 Å². The first-order valence-corrected chi connectivity index (χ1v) is 5.00. The lowest BCUT2D eigenvalue weighted by Crippen LogP contribution is -2.00. The molecule has 1 rings (SSSR count). The van der Waals surface area contributed by atoms with E-state index in [2.05, 4.69) is 17.3 Å². The molecule has 0 atom stereocenters. The topological polar surface area (TPSA) is 35.8 Å². The maximum Gasteiger partial charge on any atom is 0.0669 e. The summed E-state index contributed by atoms with van der Waals surface area (Å²) in [6, 6.07) is 10.0. The third kappa shape index (κ3) is 4.20. The Hall–Kier alpha value is -1.93. The van der Waals surface area contributed by atoms with Gasteiger partial charge in [-0.1, -0.05) is 12.1 Å². The first-order chi connectivity index (χ1) is 7.36. The van der Waals surface area contributed by atoms with Gasteiger partial charge in [-0.3, -0.25) is 0 Å². The van der Waals surface area contributed by atoms with Gasteiger partial charge in [-0.15, -0.1) is 12.3 Å². The Kier molecular flexibility index (Phi) is 4.84. The van der Waals surface area contributed by atoms with Gasteiger partial charge >= 0.3 is 0 Å². The summed E-state index contributed by atoms with van der Waals surface area (Å²) in [5.41, 5.74) is 2.13. The van der Waals surface area contributed by atoms with Crippen molar-refractivity contribution in [2.75, 3.05) is 11.9 Å². The highest BCUT2D eigenvalue weighted by Gasteiger charge is 1.93. The molecule has 1 aromatic carbocycles. The lowest BCUT2D eigenvalue weighted by Gasteiger charge is -2.05. The maximum absolute atomic E-state index is 8.51. The number of nitrogens with one attached hydrogen (secondary N) is 1. The van der Waals surface area contributed by atoms with Crippen molar-refractivity contribution < 1.29 is 0 Å². The molecule has 0 unspecified atom stereocenters. The van der Waals surface area contributed by atoms with Crippen molar-refractivity contribution in [1.29, 1.82) is 5.26 Å². The number of anilines is 1. The molecule has 0 aromatic heterocycles. The first-order valence-electron chi connectivity index (χ1n) is 5.00. The molecular weight excluding hydrogens is 184 g/mol. The zero-order valence-corrected chi connectivity index (χ0v) is 8.66. The van der Waals surface area contributed by atoms with E-state index in [4.69, 9.17) is 11.7 Å². The minimum Gasteiger partial charge on any atom is -0.385 e. The molecule has 0 aliphatic heterocycles. The number of unbranched alkanes of at least 4 members (excludes halogenated alkanes) is 1. The fraction of sp³-hybridized carbons (Fsp3) is 0.308. The summed E-state index contributed by atoms with van der Waals surface area (Å²) in [5, 5.41) is 11.8. The second-order valence-electron chi connectivity index (χ2n) is 3.27. The average molecular weight is 198 g/mol. The van der Waals surface area contributed by atoms with Crippen molar-refractivity contribution in [3.05, 3.63) is 29.8 Å². The minimum absolute atomic E-state index is 0.470. The van der Waals surface area contributed by atoms with Crippen molar-refractivity contribution in [2.45, 2.75) is 19.3 Å². The van der Waals surface area contributed by atoms with Crippen LogP contribution in [0.25, 0.3) is 0 Å². The number of hydrogen-bond donors (Lipinski definition) is 1. The molecule has 1 aromatic rings. The van der Waals surface area contributed by atoms with E-state index in [9.17, 15) is 0 Å². The summed E-state index contributed by atoms with van der Waals surface area (Å²) in [7, 11) is 0. The predicted octanol–water partition coefficient (Wildman–Crippen LogP) is 2.58. The summed E-state index contributed by atoms with van der Waals surface area (Å²) in [5.74, 6) is 2.60. The second kappa shape index (κ2) is 6.51. The number of nitrogens with zero attached hydrogens (tertiary/aromatic N) is 1. The van der Waals surface area contributed by atoms with E-state index in [1.54, 1.807) is 0 Å². The molecule has 0 saturated heterocycles. The quantitative estimate of drug-likeness (QED) is 0.583. The van der Waals surface area contributed by atoms with Crippen LogP contribution in [0.5, 0.6) is 0 Å². The number of terminal acetylenes is 1. The van der Waals surface area contributed by atoms with E-state index in [1.165, 1.54) is 0 Å². The molecule has 0 radical (unpaired) electrons. The van der Waals surface area contributed by atoms with Crippen LogP contribution in [0.2, 0.25) is 0 Å². The van der Waals surface area contributed by atoms with E-state index in [-0.39, 0.29) is 0 Å². The SMILES string of the molecule is C#CCCCNc1ccc(CC#N)cc1. The lowest BCUT2D eigenvalue weighted by molar-refractivity contribution is 0.907. The van der Waals surface area contributed by atoms with E-state index in [0.29, 0.717) is 6.42 Å². The number of nitriles is 1. The van der Waals surface area contributed by atoms with Gasteiger partial charge < -0.3 is 5.32 Å². The number of rotatable bonds is 5. The Morgan fingerprint density at radius 2 is 2.00 bits per heavy atom. The maximum atomic E-state index is 8.51. The molecule has 0 spiro atoms. The van der Waals surface area contributed by atoms with Crippen LogP contribution in [0.3, 0.4) is 0 Å². The summed E-state index contributed by atoms with van der Waals surface area (Å²) in [6.07, 6.45) is 7.41. The molecule has 2 nitrogen and oxygen atoms in total. The molecule has 76 valence electrons. The van der Waals surface area contributed by atoms with Crippen LogP contribution in [0.4, 0.5) is 5.69 Å². The highest BCUT2D eigenvalue weighted by atomic mass is 14.9. The number of hydrogen-bond acceptors (Lipinski definition) is 2. The fourth-order valence-corrected chi connectivity index (χ4v) is 1.25. The van der Waals surface area contributed by atoms with Crippen LogP contribution >= 0.6 is 0 Å². The summed E-state index contributed by atoms with van der Waals surface area (Å²) < 4.78 is 0. The second-order valence-corrected chi connectivity index (χ2v) is 3.27. The van der Waals surface area contributed by atoms with Gasteiger partial charge in [0.25, 0.3) is 0 Å². The van der Waals surface area contributed by atoms with Gasteiger partial charge in [0.15, 0.2) is 0 Å². The fourth-order valence-electron chi connectivity index (χ4n) is 1.25. The van der Waals surface area contributed by atoms with Crippen LogP contribution in [-0.4, -0.2) is 6.54 Å². The molecule has 0 saturated carbocycles. The smallest absolute Gasteiger partial charge is 0.0669 e. The molecule has 0 aliphatic rings.